The lowest BCUT2D eigenvalue weighted by molar-refractivity contribution is 0.354. The van der Waals surface area contributed by atoms with Gasteiger partial charge in [-0.1, -0.05) is 0 Å². The van der Waals surface area contributed by atoms with Crippen molar-refractivity contribution < 1.29 is 0 Å². The summed E-state index contributed by atoms with van der Waals surface area (Å²) in [5.41, 5.74) is 0. The van der Waals surface area contributed by atoms with Gasteiger partial charge in [-0.3, -0.25) is 0 Å². The number of rotatable bonds is 3. The molecule has 0 bridgehead atoms. The van der Waals surface area contributed by atoms with Crippen molar-refractivity contribution in [3.05, 3.63) is 18.5 Å². The molecule has 0 aliphatic carbocycles. The summed E-state index contributed by atoms with van der Waals surface area (Å²) in [7, 11) is 2.20. The lowest BCUT2D eigenvalue weighted by Gasteiger charge is -2.34. The Morgan fingerprint density at radius 3 is 2.63 bits per heavy atom. The third-order valence-electron chi connectivity index (χ3n) is 4.12. The van der Waals surface area contributed by atoms with Gasteiger partial charge in [-0.05, 0) is 38.9 Å². The highest BCUT2D eigenvalue weighted by molar-refractivity contribution is 5.29. The van der Waals surface area contributed by atoms with Gasteiger partial charge in [0.15, 0.2) is 0 Å². The van der Waals surface area contributed by atoms with Crippen LogP contribution >= 0.6 is 0 Å². The van der Waals surface area contributed by atoms with E-state index in [2.05, 4.69) is 32.1 Å². The minimum Gasteiger partial charge on any atom is -0.339 e. The zero-order valence-corrected chi connectivity index (χ0v) is 11.6. The van der Waals surface area contributed by atoms with E-state index in [0.717, 1.165) is 19.0 Å². The smallest absolute Gasteiger partial charge is 0.225 e. The number of nitrogens with one attached hydrogen (secondary N) is 1. The van der Waals surface area contributed by atoms with E-state index in [4.69, 9.17) is 0 Å². The quantitative estimate of drug-likeness (QED) is 0.869. The van der Waals surface area contributed by atoms with Crippen LogP contribution in [0.2, 0.25) is 0 Å². The number of nitrogens with zero attached hydrogens (tertiary/aromatic N) is 4. The van der Waals surface area contributed by atoms with E-state index in [-0.39, 0.29) is 0 Å². The zero-order valence-electron chi connectivity index (χ0n) is 11.6. The van der Waals surface area contributed by atoms with Crippen LogP contribution in [0.25, 0.3) is 0 Å². The Hall–Kier alpha value is -1.20. The summed E-state index contributed by atoms with van der Waals surface area (Å²) in [6.45, 7) is 4.51. The number of piperidine rings is 1. The average Bonchev–Trinajstić information content (AvgIpc) is 2.85. The molecule has 2 aliphatic rings. The molecule has 1 N–H and O–H groups in total. The molecular formula is C14H23N5. The van der Waals surface area contributed by atoms with E-state index in [1.165, 1.54) is 32.4 Å². The molecule has 0 aromatic carbocycles. The molecule has 2 fully saturated rings. The molecule has 19 heavy (non-hydrogen) atoms. The third-order valence-corrected chi connectivity index (χ3v) is 4.12. The first-order valence-electron chi connectivity index (χ1n) is 7.28. The number of hydrogen-bond acceptors (Lipinski definition) is 5. The van der Waals surface area contributed by atoms with Gasteiger partial charge in [0.25, 0.3) is 0 Å². The van der Waals surface area contributed by atoms with Crippen LogP contribution in [-0.4, -0.2) is 60.2 Å². The van der Waals surface area contributed by atoms with Gasteiger partial charge >= 0.3 is 0 Å². The molecule has 2 unspecified atom stereocenters. The van der Waals surface area contributed by atoms with Gasteiger partial charge in [0.05, 0.1) is 0 Å². The predicted molar refractivity (Wildman–Crippen MR) is 76.3 cm³/mol. The van der Waals surface area contributed by atoms with Crippen molar-refractivity contribution in [2.24, 2.45) is 0 Å². The Labute approximate surface area is 115 Å². The largest absolute Gasteiger partial charge is 0.339 e. The van der Waals surface area contributed by atoms with Crippen molar-refractivity contribution in [2.45, 2.75) is 31.3 Å². The van der Waals surface area contributed by atoms with Crippen LogP contribution in [0.5, 0.6) is 0 Å². The molecule has 1 aromatic heterocycles. The maximum atomic E-state index is 4.36. The van der Waals surface area contributed by atoms with Crippen LogP contribution in [0.15, 0.2) is 18.5 Å². The summed E-state index contributed by atoms with van der Waals surface area (Å²) in [5.74, 6) is 0.873. The molecule has 104 valence electrons. The molecule has 0 radical (unpaired) electrons. The summed E-state index contributed by atoms with van der Waals surface area (Å²) >= 11 is 0. The first-order chi connectivity index (χ1) is 9.31. The number of anilines is 1. The predicted octanol–water partition coefficient (Wildman–Crippen LogP) is 0.739. The average molecular weight is 261 g/mol. The van der Waals surface area contributed by atoms with E-state index >= 15 is 0 Å². The highest BCUT2D eigenvalue weighted by atomic mass is 15.3. The fourth-order valence-electron chi connectivity index (χ4n) is 3.15. The minimum atomic E-state index is 0.578. The maximum absolute atomic E-state index is 4.36. The van der Waals surface area contributed by atoms with Gasteiger partial charge in [0.2, 0.25) is 5.95 Å². The number of likely N-dealkylation sites (tertiary alicyclic amines) is 1. The molecule has 5 nitrogen and oxygen atoms in total. The molecule has 2 atom stereocenters. The third kappa shape index (κ3) is 3.22. The Morgan fingerprint density at radius 1 is 1.11 bits per heavy atom. The van der Waals surface area contributed by atoms with Gasteiger partial charge in [-0.2, -0.15) is 0 Å². The van der Waals surface area contributed by atoms with E-state index in [9.17, 15) is 0 Å². The number of aromatic nitrogens is 2. The van der Waals surface area contributed by atoms with Crippen molar-refractivity contribution in [1.82, 2.24) is 20.2 Å². The molecule has 1 aromatic rings. The molecular weight excluding hydrogens is 238 g/mol. The monoisotopic (exact) mass is 261 g/mol. The molecule has 3 heterocycles. The fraction of sp³-hybridized carbons (Fsp3) is 0.714. The first-order valence-corrected chi connectivity index (χ1v) is 7.28. The SMILES string of the molecule is CN1CCC(NC2CCCN(c3ncccn3)C2)C1. The number of likely N-dealkylation sites (N-methyl/N-ethyl adjacent to an activating group) is 1. The summed E-state index contributed by atoms with van der Waals surface area (Å²) in [5, 5.41) is 3.81. The van der Waals surface area contributed by atoms with Crippen LogP contribution in [0.3, 0.4) is 0 Å². The molecule has 2 aliphatic heterocycles. The highest BCUT2D eigenvalue weighted by Gasteiger charge is 2.26. The topological polar surface area (TPSA) is 44.3 Å². The van der Waals surface area contributed by atoms with E-state index in [0.29, 0.717) is 12.1 Å². The van der Waals surface area contributed by atoms with Crippen molar-refractivity contribution >= 4 is 5.95 Å². The second kappa shape index (κ2) is 5.84. The Bertz CT molecular complexity index is 396. The second-order valence-electron chi connectivity index (χ2n) is 5.75. The van der Waals surface area contributed by atoms with Crippen LogP contribution in [-0.2, 0) is 0 Å². The van der Waals surface area contributed by atoms with E-state index < -0.39 is 0 Å². The molecule has 0 saturated carbocycles. The molecule has 0 spiro atoms. The van der Waals surface area contributed by atoms with E-state index in [1.807, 2.05) is 18.5 Å². The molecule has 2 saturated heterocycles. The van der Waals surface area contributed by atoms with E-state index in [1.54, 1.807) is 0 Å². The lowest BCUT2D eigenvalue weighted by atomic mass is 10.0. The van der Waals surface area contributed by atoms with Crippen LogP contribution in [0.1, 0.15) is 19.3 Å². The molecule has 5 heteroatoms. The summed E-state index contributed by atoms with van der Waals surface area (Å²) in [6, 6.07) is 3.11. The van der Waals surface area contributed by atoms with Crippen molar-refractivity contribution in [2.75, 3.05) is 38.1 Å². The first kappa shape index (κ1) is 12.8. The van der Waals surface area contributed by atoms with Gasteiger partial charge < -0.3 is 15.1 Å². The van der Waals surface area contributed by atoms with Gasteiger partial charge in [0.1, 0.15) is 0 Å². The zero-order chi connectivity index (χ0) is 13.1. The molecule has 0 amide bonds. The van der Waals surface area contributed by atoms with Crippen LogP contribution in [0, 0.1) is 0 Å². The van der Waals surface area contributed by atoms with Gasteiger partial charge in [0, 0.05) is 44.1 Å². The summed E-state index contributed by atoms with van der Waals surface area (Å²) < 4.78 is 0. The second-order valence-corrected chi connectivity index (χ2v) is 5.75. The maximum Gasteiger partial charge on any atom is 0.225 e. The van der Waals surface area contributed by atoms with Gasteiger partial charge in [-0.15, -0.1) is 0 Å². The van der Waals surface area contributed by atoms with Crippen molar-refractivity contribution in [1.29, 1.82) is 0 Å². The van der Waals surface area contributed by atoms with Gasteiger partial charge in [-0.25, -0.2) is 9.97 Å². The summed E-state index contributed by atoms with van der Waals surface area (Å²) in [4.78, 5) is 13.4. The Kier molecular flexibility index (Phi) is 3.94. The fourth-order valence-corrected chi connectivity index (χ4v) is 3.15. The minimum absolute atomic E-state index is 0.578. The normalized spacial score (nSPS) is 28.8. The van der Waals surface area contributed by atoms with Crippen LogP contribution in [0.4, 0.5) is 5.95 Å². The van der Waals surface area contributed by atoms with Crippen molar-refractivity contribution in [3.8, 4) is 0 Å². The van der Waals surface area contributed by atoms with Crippen molar-refractivity contribution in [3.63, 3.8) is 0 Å². The Balaban J connectivity index is 1.56. The standard InChI is InChI=1S/C14H23N5/c1-18-9-5-13(10-18)17-12-4-2-8-19(11-12)14-15-6-3-7-16-14/h3,6-7,12-13,17H,2,4-5,8-11H2,1H3. The van der Waals surface area contributed by atoms with Crippen LogP contribution < -0.4 is 10.2 Å². The summed E-state index contributed by atoms with van der Waals surface area (Å²) in [6.07, 6.45) is 7.41. The molecule has 3 rings (SSSR count). The Morgan fingerprint density at radius 2 is 1.89 bits per heavy atom. The highest BCUT2D eigenvalue weighted by Crippen LogP contribution is 2.17. The number of hydrogen-bond donors (Lipinski definition) is 1. The lowest BCUT2D eigenvalue weighted by Crippen LogP contribution is -2.50.